The molecule has 0 unspecified atom stereocenters. The molecular weight excluding hydrogens is 474 g/mol. The number of hydrogen-bond acceptors (Lipinski definition) is 5. The summed E-state index contributed by atoms with van der Waals surface area (Å²) < 4.78 is 62.9. The van der Waals surface area contributed by atoms with E-state index in [0.717, 1.165) is 17.7 Å². The van der Waals surface area contributed by atoms with E-state index in [4.69, 9.17) is 4.74 Å². The molecule has 0 radical (unpaired) electrons. The van der Waals surface area contributed by atoms with Gasteiger partial charge in [-0.1, -0.05) is 48.5 Å². The van der Waals surface area contributed by atoms with E-state index in [1.54, 1.807) is 12.1 Å². The van der Waals surface area contributed by atoms with Gasteiger partial charge < -0.3 is 10.1 Å². The van der Waals surface area contributed by atoms with Crippen LogP contribution >= 0.6 is 0 Å². The SMILES string of the molecule is O=S1(=O)NC(=NCc2ncccc2F)Nc2c1ccc(F)c2Oc1ccccc1-c1ccccc1. The van der Waals surface area contributed by atoms with Crippen molar-refractivity contribution < 1.29 is 21.9 Å². The summed E-state index contributed by atoms with van der Waals surface area (Å²) in [5, 5.41) is 2.78. The summed E-state index contributed by atoms with van der Waals surface area (Å²) in [5.41, 5.74) is 1.45. The van der Waals surface area contributed by atoms with E-state index in [1.807, 2.05) is 42.5 Å². The number of pyridine rings is 1. The molecule has 0 saturated heterocycles. The molecule has 4 aromatic rings. The lowest BCUT2D eigenvalue weighted by molar-refractivity contribution is 0.444. The fourth-order valence-corrected chi connectivity index (χ4v) is 4.73. The predicted molar refractivity (Wildman–Crippen MR) is 128 cm³/mol. The summed E-state index contributed by atoms with van der Waals surface area (Å²) in [7, 11) is -4.10. The zero-order chi connectivity index (χ0) is 24.4. The summed E-state index contributed by atoms with van der Waals surface area (Å²) in [6.07, 6.45) is 1.40. The van der Waals surface area contributed by atoms with Gasteiger partial charge in [-0.2, -0.15) is 0 Å². The second kappa shape index (κ2) is 9.15. The molecule has 0 saturated carbocycles. The normalized spacial score (nSPS) is 15.1. The minimum Gasteiger partial charge on any atom is -0.451 e. The molecule has 0 spiro atoms. The van der Waals surface area contributed by atoms with Crippen molar-refractivity contribution in [2.75, 3.05) is 5.32 Å². The van der Waals surface area contributed by atoms with Crippen LogP contribution in [-0.2, 0) is 16.6 Å². The first-order valence-electron chi connectivity index (χ1n) is 10.5. The van der Waals surface area contributed by atoms with Crippen LogP contribution in [0.25, 0.3) is 11.1 Å². The molecule has 1 aromatic heterocycles. The standard InChI is InChI=1S/C25H18F2N4O3S/c26-18-10-6-14-28-20(18)15-29-25-30-23-22(35(32,33)31-25)13-12-19(27)24(23)34-21-11-5-4-9-17(21)16-7-2-1-3-8-16/h1-14H,15H2,(H2,29,30,31). The van der Waals surface area contributed by atoms with E-state index in [2.05, 4.69) is 20.0 Å². The molecule has 0 bridgehead atoms. The molecule has 3 aromatic carbocycles. The Hall–Kier alpha value is -4.31. The Morgan fingerprint density at radius 1 is 0.886 bits per heavy atom. The summed E-state index contributed by atoms with van der Waals surface area (Å²) >= 11 is 0. The van der Waals surface area contributed by atoms with Crippen LogP contribution in [0, 0.1) is 11.6 Å². The van der Waals surface area contributed by atoms with Crippen molar-refractivity contribution in [2.45, 2.75) is 11.4 Å². The topological polar surface area (TPSA) is 92.7 Å². The van der Waals surface area contributed by atoms with Crippen LogP contribution in [0.5, 0.6) is 11.5 Å². The van der Waals surface area contributed by atoms with Gasteiger partial charge in [0.15, 0.2) is 11.6 Å². The number of benzene rings is 3. The quantitative estimate of drug-likeness (QED) is 0.405. The maximum absolute atomic E-state index is 15.0. The number of fused-ring (bicyclic) bond motifs is 1. The van der Waals surface area contributed by atoms with Gasteiger partial charge in [0.05, 0.1) is 12.2 Å². The number of guanidine groups is 1. The van der Waals surface area contributed by atoms with Crippen LogP contribution in [-0.4, -0.2) is 19.4 Å². The highest BCUT2D eigenvalue weighted by Crippen LogP contribution is 2.41. The average Bonchev–Trinajstić information content (AvgIpc) is 2.86. The minimum absolute atomic E-state index is 0.0271. The minimum atomic E-state index is -4.10. The lowest BCUT2D eigenvalue weighted by atomic mass is 10.0. The fraction of sp³-hybridized carbons (Fsp3) is 0.0400. The number of hydrogen-bond donors (Lipinski definition) is 2. The van der Waals surface area contributed by atoms with Crippen molar-refractivity contribution in [3.05, 3.63) is 102 Å². The molecular formula is C25H18F2N4O3S. The van der Waals surface area contributed by atoms with Gasteiger partial charge in [-0.15, -0.1) is 0 Å². The van der Waals surface area contributed by atoms with Crippen molar-refractivity contribution in [1.82, 2.24) is 9.71 Å². The zero-order valence-corrected chi connectivity index (χ0v) is 18.9. The first-order valence-corrected chi connectivity index (χ1v) is 12.0. The Morgan fingerprint density at radius 2 is 1.66 bits per heavy atom. The Balaban J connectivity index is 1.55. The lowest BCUT2D eigenvalue weighted by Crippen LogP contribution is -2.41. The summed E-state index contributed by atoms with van der Waals surface area (Å²) in [6.45, 7) is -0.241. The number of nitrogens with one attached hydrogen (secondary N) is 2. The van der Waals surface area contributed by atoms with Crippen molar-refractivity contribution in [3.8, 4) is 22.6 Å². The van der Waals surface area contributed by atoms with Crippen molar-refractivity contribution in [3.63, 3.8) is 0 Å². The number of ether oxygens (including phenoxy) is 1. The lowest BCUT2D eigenvalue weighted by Gasteiger charge is -2.24. The molecule has 35 heavy (non-hydrogen) atoms. The van der Waals surface area contributed by atoms with Gasteiger partial charge in [-0.3, -0.25) is 4.98 Å². The maximum atomic E-state index is 15.0. The van der Waals surface area contributed by atoms with Crippen LogP contribution in [0.1, 0.15) is 5.69 Å². The average molecular weight is 493 g/mol. The molecule has 5 rings (SSSR count). The number of para-hydroxylation sites is 1. The molecule has 7 nitrogen and oxygen atoms in total. The monoisotopic (exact) mass is 492 g/mol. The number of rotatable bonds is 5. The van der Waals surface area contributed by atoms with Crippen LogP contribution in [0.3, 0.4) is 0 Å². The first-order chi connectivity index (χ1) is 16.9. The third kappa shape index (κ3) is 4.56. The van der Waals surface area contributed by atoms with Gasteiger partial charge in [0.2, 0.25) is 5.96 Å². The van der Waals surface area contributed by atoms with E-state index < -0.39 is 21.7 Å². The molecule has 2 heterocycles. The van der Waals surface area contributed by atoms with E-state index in [9.17, 15) is 12.8 Å². The van der Waals surface area contributed by atoms with Crippen molar-refractivity contribution >= 4 is 21.7 Å². The highest BCUT2D eigenvalue weighted by atomic mass is 32.2. The van der Waals surface area contributed by atoms with E-state index >= 15 is 4.39 Å². The highest BCUT2D eigenvalue weighted by Gasteiger charge is 2.31. The van der Waals surface area contributed by atoms with Gasteiger partial charge >= 0.3 is 0 Å². The largest absolute Gasteiger partial charge is 0.451 e. The molecule has 2 N–H and O–H groups in total. The Morgan fingerprint density at radius 3 is 2.46 bits per heavy atom. The summed E-state index contributed by atoms with van der Waals surface area (Å²) in [5.74, 6) is -1.55. The number of halogens is 2. The number of nitrogens with zero attached hydrogens (tertiary/aromatic N) is 2. The second-order valence-electron chi connectivity index (χ2n) is 7.54. The molecule has 0 amide bonds. The van der Waals surface area contributed by atoms with Gasteiger partial charge in [-0.05, 0) is 35.9 Å². The summed E-state index contributed by atoms with van der Waals surface area (Å²) in [6, 6.07) is 21.2. The van der Waals surface area contributed by atoms with Gasteiger partial charge in [-0.25, -0.2) is 26.9 Å². The Labute approximate surface area is 200 Å². The number of aromatic nitrogens is 1. The second-order valence-corrected chi connectivity index (χ2v) is 9.19. The predicted octanol–water partition coefficient (Wildman–Crippen LogP) is 5.08. The van der Waals surface area contributed by atoms with Crippen molar-refractivity contribution in [1.29, 1.82) is 0 Å². The molecule has 176 valence electrons. The smallest absolute Gasteiger partial charge is 0.266 e. The third-order valence-corrected chi connectivity index (χ3v) is 6.62. The van der Waals surface area contributed by atoms with E-state index in [1.165, 1.54) is 18.3 Å². The third-order valence-electron chi connectivity index (χ3n) is 5.24. The number of sulfonamides is 1. The number of anilines is 1. The zero-order valence-electron chi connectivity index (χ0n) is 18.1. The van der Waals surface area contributed by atoms with Crippen LogP contribution in [0.4, 0.5) is 14.5 Å². The molecule has 1 aliphatic heterocycles. The fourth-order valence-electron chi connectivity index (χ4n) is 3.59. The molecule has 0 atom stereocenters. The summed E-state index contributed by atoms with van der Waals surface area (Å²) in [4.78, 5) is 7.77. The van der Waals surface area contributed by atoms with Gasteiger partial charge in [0.1, 0.15) is 22.1 Å². The molecule has 10 heteroatoms. The molecule has 0 fully saturated rings. The molecule has 1 aliphatic rings. The van der Waals surface area contributed by atoms with Crippen LogP contribution in [0.15, 0.2) is 94.9 Å². The van der Waals surface area contributed by atoms with Gasteiger partial charge in [0.25, 0.3) is 10.0 Å². The first kappa shape index (κ1) is 22.5. The Kier molecular flexibility index (Phi) is 5.87. The van der Waals surface area contributed by atoms with Crippen molar-refractivity contribution in [2.24, 2.45) is 4.99 Å². The Bertz CT molecular complexity index is 1540. The van der Waals surface area contributed by atoms with Gasteiger partial charge in [0, 0.05) is 11.8 Å². The van der Waals surface area contributed by atoms with E-state index in [-0.39, 0.29) is 34.5 Å². The van der Waals surface area contributed by atoms with Crippen LogP contribution in [0.2, 0.25) is 0 Å². The van der Waals surface area contributed by atoms with Crippen LogP contribution < -0.4 is 14.8 Å². The van der Waals surface area contributed by atoms with E-state index in [0.29, 0.717) is 11.3 Å². The highest BCUT2D eigenvalue weighted by molar-refractivity contribution is 7.90. The maximum Gasteiger partial charge on any atom is 0.266 e. The number of aliphatic imine (C=N–C) groups is 1. The molecule has 0 aliphatic carbocycles.